The van der Waals surface area contributed by atoms with Gasteiger partial charge in [0.1, 0.15) is 24.9 Å². The van der Waals surface area contributed by atoms with E-state index in [1.54, 1.807) is 0 Å². The Balaban J connectivity index is 1.54. The summed E-state index contributed by atoms with van der Waals surface area (Å²) in [5.41, 5.74) is 1.05. The van der Waals surface area contributed by atoms with Crippen molar-refractivity contribution in [2.45, 2.75) is 56.6 Å². The highest BCUT2D eigenvalue weighted by atomic mass is 16.8. The predicted octanol–water partition coefficient (Wildman–Crippen LogP) is 1.17. The minimum Gasteiger partial charge on any atom is -0.365 e. The summed E-state index contributed by atoms with van der Waals surface area (Å²) >= 11 is 0. The van der Waals surface area contributed by atoms with Crippen molar-refractivity contribution in [1.29, 1.82) is 0 Å². The summed E-state index contributed by atoms with van der Waals surface area (Å²) in [4.78, 5) is 0. The van der Waals surface area contributed by atoms with E-state index in [4.69, 9.17) is 23.7 Å². The first-order valence-electron chi connectivity index (χ1n) is 7.50. The molecule has 1 aromatic rings. The lowest BCUT2D eigenvalue weighted by Gasteiger charge is -2.38. The van der Waals surface area contributed by atoms with Crippen LogP contribution in [0.15, 0.2) is 30.3 Å². The molecule has 2 bridgehead atoms. The summed E-state index contributed by atoms with van der Waals surface area (Å²) < 4.78 is 28.9. The van der Waals surface area contributed by atoms with Crippen LogP contribution in [0.5, 0.6) is 0 Å². The Morgan fingerprint density at radius 1 is 1.18 bits per heavy atom. The fourth-order valence-corrected chi connectivity index (χ4v) is 3.25. The quantitative estimate of drug-likeness (QED) is 0.904. The van der Waals surface area contributed by atoms with Gasteiger partial charge in [-0.2, -0.15) is 0 Å². The number of benzene rings is 1. The Morgan fingerprint density at radius 2 is 1.95 bits per heavy atom. The van der Waals surface area contributed by atoms with Crippen LogP contribution < -0.4 is 0 Å². The highest BCUT2D eigenvalue weighted by molar-refractivity contribution is 5.14. The third-order valence-corrected chi connectivity index (χ3v) is 4.23. The van der Waals surface area contributed by atoms with Crippen LogP contribution in [0.3, 0.4) is 0 Å². The van der Waals surface area contributed by atoms with E-state index in [0.717, 1.165) is 5.56 Å². The van der Waals surface area contributed by atoms with Gasteiger partial charge in [-0.25, -0.2) is 0 Å². The molecular weight excluding hydrogens is 288 g/mol. The third-order valence-electron chi connectivity index (χ3n) is 4.23. The molecule has 0 unspecified atom stereocenters. The molecule has 3 saturated heterocycles. The lowest BCUT2D eigenvalue weighted by atomic mass is 9.98. The van der Waals surface area contributed by atoms with Crippen LogP contribution in [0.1, 0.15) is 19.4 Å². The number of aliphatic hydroxyl groups is 1. The Morgan fingerprint density at radius 3 is 2.73 bits per heavy atom. The molecule has 120 valence electrons. The number of ether oxygens (including phenoxy) is 5. The molecule has 3 heterocycles. The lowest BCUT2D eigenvalue weighted by Crippen LogP contribution is -2.60. The van der Waals surface area contributed by atoms with Crippen LogP contribution in [0.2, 0.25) is 0 Å². The maximum absolute atomic E-state index is 10.5. The van der Waals surface area contributed by atoms with E-state index in [2.05, 4.69) is 0 Å². The van der Waals surface area contributed by atoms with Crippen LogP contribution in [-0.4, -0.2) is 47.9 Å². The van der Waals surface area contributed by atoms with Crippen LogP contribution in [0.25, 0.3) is 0 Å². The molecule has 0 saturated carbocycles. The molecule has 1 N–H and O–H groups in total. The molecule has 3 aliphatic rings. The van der Waals surface area contributed by atoms with Gasteiger partial charge in [-0.15, -0.1) is 0 Å². The van der Waals surface area contributed by atoms with Gasteiger partial charge in [0.25, 0.3) is 0 Å². The molecular formula is C16H20O6. The van der Waals surface area contributed by atoms with E-state index in [1.165, 1.54) is 0 Å². The normalized spacial score (nSPS) is 42.3. The molecule has 0 aromatic heterocycles. The fraction of sp³-hybridized carbons (Fsp3) is 0.625. The van der Waals surface area contributed by atoms with Gasteiger partial charge in [-0.3, -0.25) is 0 Å². The van der Waals surface area contributed by atoms with Crippen molar-refractivity contribution in [3.05, 3.63) is 35.9 Å². The van der Waals surface area contributed by atoms with Crippen molar-refractivity contribution in [3.8, 4) is 0 Å². The highest BCUT2D eigenvalue weighted by Gasteiger charge is 2.66. The molecule has 1 aromatic carbocycles. The molecule has 4 rings (SSSR count). The number of fused-ring (bicyclic) bond motifs is 4. The molecule has 6 heteroatoms. The standard InChI is InChI=1S/C16H20O6/c1-15(2)20-11-12(18-8-10-6-4-3-5-7-10)14-19-9-16(17,22-14)13(11)21-15/h3-7,11-14,17H,8-9H2,1-2H3/t11-,12-,13-,14-,16+/m1/s1. The lowest BCUT2D eigenvalue weighted by molar-refractivity contribution is -0.307. The summed E-state index contributed by atoms with van der Waals surface area (Å²) in [6.45, 7) is 4.11. The molecule has 0 amide bonds. The number of rotatable bonds is 3. The Hall–Kier alpha value is -1.02. The van der Waals surface area contributed by atoms with Gasteiger partial charge >= 0.3 is 0 Å². The second kappa shape index (κ2) is 4.99. The van der Waals surface area contributed by atoms with Gasteiger partial charge in [-0.05, 0) is 19.4 Å². The summed E-state index contributed by atoms with van der Waals surface area (Å²) in [5.74, 6) is -2.25. The zero-order valence-electron chi connectivity index (χ0n) is 12.6. The molecule has 0 spiro atoms. The molecule has 3 fully saturated rings. The largest absolute Gasteiger partial charge is 0.365 e. The van der Waals surface area contributed by atoms with Crippen molar-refractivity contribution in [1.82, 2.24) is 0 Å². The van der Waals surface area contributed by atoms with E-state index < -0.39 is 36.2 Å². The first-order valence-corrected chi connectivity index (χ1v) is 7.50. The van der Waals surface area contributed by atoms with Crippen molar-refractivity contribution in [2.75, 3.05) is 6.61 Å². The second-order valence-electron chi connectivity index (χ2n) is 6.42. The number of hydrogen-bond acceptors (Lipinski definition) is 6. The fourth-order valence-electron chi connectivity index (χ4n) is 3.25. The van der Waals surface area contributed by atoms with Gasteiger partial charge in [-0.1, -0.05) is 30.3 Å². The topological polar surface area (TPSA) is 66.4 Å². The van der Waals surface area contributed by atoms with E-state index in [-0.39, 0.29) is 6.61 Å². The van der Waals surface area contributed by atoms with Crippen LogP contribution in [-0.2, 0) is 30.3 Å². The summed E-state index contributed by atoms with van der Waals surface area (Å²) in [5, 5.41) is 10.5. The van der Waals surface area contributed by atoms with Crippen LogP contribution >= 0.6 is 0 Å². The summed E-state index contributed by atoms with van der Waals surface area (Å²) in [7, 11) is 0. The van der Waals surface area contributed by atoms with E-state index >= 15 is 0 Å². The van der Waals surface area contributed by atoms with Gasteiger partial charge in [0.15, 0.2) is 12.1 Å². The van der Waals surface area contributed by atoms with Gasteiger partial charge in [0, 0.05) is 0 Å². The first kappa shape index (κ1) is 14.6. The van der Waals surface area contributed by atoms with Gasteiger partial charge < -0.3 is 28.8 Å². The third kappa shape index (κ3) is 2.36. The van der Waals surface area contributed by atoms with Gasteiger partial charge in [0.2, 0.25) is 5.79 Å². The minimum absolute atomic E-state index is 0.0590. The van der Waals surface area contributed by atoms with Crippen molar-refractivity contribution >= 4 is 0 Å². The summed E-state index contributed by atoms with van der Waals surface area (Å²) in [6.07, 6.45) is -2.14. The Bertz CT molecular complexity index is 547. The highest BCUT2D eigenvalue weighted by Crippen LogP contribution is 2.46. The van der Waals surface area contributed by atoms with Crippen molar-refractivity contribution < 1.29 is 28.8 Å². The first-order chi connectivity index (χ1) is 10.5. The Kier molecular flexibility index (Phi) is 3.30. The molecule has 0 aliphatic carbocycles. The SMILES string of the molecule is CC1(C)O[C@@H]2[C@@H](OCc3ccccc3)[C@@H]3OC[C@](O)(O3)[C@@H]2O1. The monoisotopic (exact) mass is 308 g/mol. The molecule has 0 radical (unpaired) electrons. The minimum atomic E-state index is -1.46. The molecule has 22 heavy (non-hydrogen) atoms. The smallest absolute Gasteiger partial charge is 0.222 e. The molecule has 5 atom stereocenters. The predicted molar refractivity (Wildman–Crippen MR) is 74.6 cm³/mol. The van der Waals surface area contributed by atoms with E-state index in [1.807, 2.05) is 44.2 Å². The zero-order valence-corrected chi connectivity index (χ0v) is 12.6. The summed E-state index contributed by atoms with van der Waals surface area (Å²) in [6, 6.07) is 9.86. The second-order valence-corrected chi connectivity index (χ2v) is 6.42. The average molecular weight is 308 g/mol. The Labute approximate surface area is 128 Å². The molecule has 6 nitrogen and oxygen atoms in total. The van der Waals surface area contributed by atoms with E-state index in [0.29, 0.717) is 6.61 Å². The van der Waals surface area contributed by atoms with Gasteiger partial charge in [0.05, 0.1) is 6.61 Å². The molecule has 3 aliphatic heterocycles. The van der Waals surface area contributed by atoms with Crippen LogP contribution in [0, 0.1) is 0 Å². The van der Waals surface area contributed by atoms with E-state index in [9.17, 15) is 5.11 Å². The number of hydrogen-bond donors (Lipinski definition) is 1. The van der Waals surface area contributed by atoms with Crippen LogP contribution in [0.4, 0.5) is 0 Å². The maximum atomic E-state index is 10.5. The maximum Gasteiger partial charge on any atom is 0.222 e. The zero-order chi connectivity index (χ0) is 15.4. The van der Waals surface area contributed by atoms with Crippen molar-refractivity contribution in [2.24, 2.45) is 0 Å². The van der Waals surface area contributed by atoms with Crippen molar-refractivity contribution in [3.63, 3.8) is 0 Å². The average Bonchev–Trinajstić information content (AvgIpc) is 3.00.